The molecule has 25 heavy (non-hydrogen) atoms. The molecule has 128 valence electrons. The second-order valence-electron chi connectivity index (χ2n) is 5.35. The zero-order chi connectivity index (χ0) is 18.0. The minimum Gasteiger partial charge on any atom is -0.306 e. The predicted octanol–water partition coefficient (Wildman–Crippen LogP) is 4.55. The van der Waals surface area contributed by atoms with Gasteiger partial charge in [0.25, 0.3) is 0 Å². The van der Waals surface area contributed by atoms with Gasteiger partial charge in [0.15, 0.2) is 11.1 Å². The summed E-state index contributed by atoms with van der Waals surface area (Å²) in [6.07, 6.45) is 2.94. The molecule has 0 aliphatic heterocycles. The smallest absolute Gasteiger partial charge is 0.157 e. The number of aromatic nitrogens is 1. The summed E-state index contributed by atoms with van der Waals surface area (Å²) >= 11 is -2.15. The summed E-state index contributed by atoms with van der Waals surface area (Å²) in [5.41, 5.74) is 1.83. The molecule has 0 saturated carbocycles. The SMILES string of the molecule is O=S(O)Cc1ccc(-c2cnccc2-c2cc(F)cc(F)c2)cc1F. The minimum absolute atomic E-state index is 0.104. The summed E-state index contributed by atoms with van der Waals surface area (Å²) in [4.78, 5) is 3.99. The number of halogens is 3. The third kappa shape index (κ3) is 3.94. The molecule has 0 bridgehead atoms. The Kier molecular flexibility index (Phi) is 4.96. The number of hydrogen-bond acceptors (Lipinski definition) is 2. The lowest BCUT2D eigenvalue weighted by molar-refractivity contribution is 0.559. The Morgan fingerprint density at radius 1 is 0.920 bits per heavy atom. The van der Waals surface area contributed by atoms with E-state index in [1.54, 1.807) is 12.1 Å². The first-order valence-electron chi connectivity index (χ1n) is 7.21. The lowest BCUT2D eigenvalue weighted by atomic mass is 9.96. The van der Waals surface area contributed by atoms with Crippen LogP contribution in [0.25, 0.3) is 22.3 Å². The molecule has 0 saturated heterocycles. The van der Waals surface area contributed by atoms with Gasteiger partial charge in [0, 0.05) is 29.6 Å². The van der Waals surface area contributed by atoms with Crippen molar-refractivity contribution in [2.75, 3.05) is 0 Å². The zero-order valence-corrected chi connectivity index (χ0v) is 13.6. The van der Waals surface area contributed by atoms with Crippen molar-refractivity contribution in [3.8, 4) is 22.3 Å². The van der Waals surface area contributed by atoms with Gasteiger partial charge in [0.05, 0.1) is 5.75 Å². The molecular formula is C18H12F3NO2S. The van der Waals surface area contributed by atoms with E-state index in [9.17, 15) is 17.4 Å². The van der Waals surface area contributed by atoms with Crippen LogP contribution in [0.15, 0.2) is 54.9 Å². The molecule has 7 heteroatoms. The molecule has 1 unspecified atom stereocenters. The van der Waals surface area contributed by atoms with Gasteiger partial charge in [0.2, 0.25) is 0 Å². The van der Waals surface area contributed by atoms with Crippen molar-refractivity contribution in [2.45, 2.75) is 5.75 Å². The third-order valence-electron chi connectivity index (χ3n) is 3.64. The van der Waals surface area contributed by atoms with E-state index in [1.165, 1.54) is 36.7 Å². The van der Waals surface area contributed by atoms with Gasteiger partial charge in [-0.1, -0.05) is 12.1 Å². The van der Waals surface area contributed by atoms with Crippen molar-refractivity contribution in [1.29, 1.82) is 0 Å². The van der Waals surface area contributed by atoms with E-state index < -0.39 is 28.5 Å². The Hall–Kier alpha value is -2.51. The molecule has 1 N–H and O–H groups in total. The molecule has 0 aliphatic rings. The largest absolute Gasteiger partial charge is 0.306 e. The number of nitrogens with zero attached hydrogens (tertiary/aromatic N) is 1. The predicted molar refractivity (Wildman–Crippen MR) is 89.5 cm³/mol. The maximum absolute atomic E-state index is 14.2. The summed E-state index contributed by atoms with van der Waals surface area (Å²) in [6.45, 7) is 0. The molecule has 1 atom stereocenters. The average molecular weight is 363 g/mol. The average Bonchev–Trinajstić information content (AvgIpc) is 2.55. The molecule has 1 aromatic heterocycles. The highest BCUT2D eigenvalue weighted by atomic mass is 32.2. The third-order valence-corrected chi connectivity index (χ3v) is 4.20. The summed E-state index contributed by atoms with van der Waals surface area (Å²) < 4.78 is 60.9. The molecule has 0 fully saturated rings. The van der Waals surface area contributed by atoms with Crippen LogP contribution in [-0.4, -0.2) is 13.7 Å². The van der Waals surface area contributed by atoms with Crippen molar-refractivity contribution < 1.29 is 21.9 Å². The maximum Gasteiger partial charge on any atom is 0.157 e. The molecule has 1 heterocycles. The fourth-order valence-electron chi connectivity index (χ4n) is 2.55. The van der Waals surface area contributed by atoms with Crippen molar-refractivity contribution in [1.82, 2.24) is 4.98 Å². The van der Waals surface area contributed by atoms with Gasteiger partial charge < -0.3 is 4.55 Å². The lowest BCUT2D eigenvalue weighted by Gasteiger charge is -2.11. The fraction of sp³-hybridized carbons (Fsp3) is 0.0556. The Morgan fingerprint density at radius 2 is 1.64 bits per heavy atom. The summed E-state index contributed by atoms with van der Waals surface area (Å²) in [5.74, 6) is -2.39. The van der Waals surface area contributed by atoms with E-state index in [0.717, 1.165) is 6.07 Å². The molecule has 0 spiro atoms. The number of hydrogen-bond donors (Lipinski definition) is 1. The number of rotatable bonds is 4. The van der Waals surface area contributed by atoms with Gasteiger partial charge >= 0.3 is 0 Å². The maximum atomic E-state index is 14.2. The van der Waals surface area contributed by atoms with Crippen LogP contribution in [0.2, 0.25) is 0 Å². The van der Waals surface area contributed by atoms with Gasteiger partial charge in [0.1, 0.15) is 17.5 Å². The van der Waals surface area contributed by atoms with Crippen LogP contribution in [0.3, 0.4) is 0 Å². The van der Waals surface area contributed by atoms with Crippen LogP contribution in [-0.2, 0) is 16.8 Å². The molecule has 0 radical (unpaired) electrons. The van der Waals surface area contributed by atoms with Gasteiger partial charge in [-0.2, -0.15) is 0 Å². The fourth-order valence-corrected chi connectivity index (χ4v) is 3.05. The summed E-state index contributed by atoms with van der Waals surface area (Å²) in [7, 11) is 0. The van der Waals surface area contributed by atoms with Crippen LogP contribution >= 0.6 is 0 Å². The Bertz CT molecular complexity index is 943. The van der Waals surface area contributed by atoms with Gasteiger partial charge in [-0.25, -0.2) is 17.4 Å². The molecule has 3 aromatic rings. The molecule has 3 nitrogen and oxygen atoms in total. The van der Waals surface area contributed by atoms with Crippen molar-refractivity contribution in [3.63, 3.8) is 0 Å². The van der Waals surface area contributed by atoms with Crippen LogP contribution in [0, 0.1) is 17.5 Å². The molecule has 0 aliphatic carbocycles. The van der Waals surface area contributed by atoms with Crippen LogP contribution < -0.4 is 0 Å². The van der Waals surface area contributed by atoms with E-state index >= 15 is 0 Å². The van der Waals surface area contributed by atoms with E-state index in [-0.39, 0.29) is 11.3 Å². The lowest BCUT2D eigenvalue weighted by Crippen LogP contribution is -1.97. The standard InChI is InChI=1S/C18H12F3NO2S/c19-14-5-13(6-15(20)8-14)16-3-4-22-9-17(16)11-1-2-12(10-25(23)24)18(21)7-11/h1-9H,10H2,(H,23,24). The van der Waals surface area contributed by atoms with E-state index in [2.05, 4.69) is 4.98 Å². The van der Waals surface area contributed by atoms with Crippen molar-refractivity contribution in [3.05, 3.63) is 77.9 Å². The second-order valence-corrected chi connectivity index (χ2v) is 6.28. The van der Waals surface area contributed by atoms with E-state index in [4.69, 9.17) is 4.55 Å². The Labute approximate surface area is 144 Å². The van der Waals surface area contributed by atoms with Crippen molar-refractivity contribution in [2.24, 2.45) is 0 Å². The molecule has 3 rings (SSSR count). The van der Waals surface area contributed by atoms with Gasteiger partial charge in [-0.3, -0.25) is 4.98 Å². The van der Waals surface area contributed by atoms with Gasteiger partial charge in [-0.15, -0.1) is 0 Å². The van der Waals surface area contributed by atoms with Crippen LogP contribution in [0.1, 0.15) is 5.56 Å². The highest BCUT2D eigenvalue weighted by Crippen LogP contribution is 2.33. The normalized spacial score (nSPS) is 12.2. The summed E-state index contributed by atoms with van der Waals surface area (Å²) in [5, 5.41) is 0. The molecule has 2 aromatic carbocycles. The zero-order valence-electron chi connectivity index (χ0n) is 12.7. The first-order valence-corrected chi connectivity index (χ1v) is 8.48. The minimum atomic E-state index is -2.15. The summed E-state index contributed by atoms with van der Waals surface area (Å²) in [6, 6.07) is 8.90. The molecular weight excluding hydrogens is 351 g/mol. The first-order chi connectivity index (χ1) is 11.9. The first kappa shape index (κ1) is 17.3. The topological polar surface area (TPSA) is 50.2 Å². The Balaban J connectivity index is 2.10. The molecule has 0 amide bonds. The van der Waals surface area contributed by atoms with E-state index in [0.29, 0.717) is 22.3 Å². The number of pyridine rings is 1. The van der Waals surface area contributed by atoms with Crippen molar-refractivity contribution >= 4 is 11.1 Å². The quantitative estimate of drug-likeness (QED) is 0.692. The Morgan fingerprint density at radius 3 is 2.28 bits per heavy atom. The van der Waals surface area contributed by atoms with Crippen LogP contribution in [0.4, 0.5) is 13.2 Å². The highest BCUT2D eigenvalue weighted by molar-refractivity contribution is 7.78. The monoisotopic (exact) mass is 363 g/mol. The highest BCUT2D eigenvalue weighted by Gasteiger charge is 2.13. The van der Waals surface area contributed by atoms with E-state index in [1.807, 2.05) is 0 Å². The number of benzene rings is 2. The van der Waals surface area contributed by atoms with Crippen LogP contribution in [0.5, 0.6) is 0 Å². The second kappa shape index (κ2) is 7.16. The van der Waals surface area contributed by atoms with Gasteiger partial charge in [-0.05, 0) is 41.0 Å².